The number of aliphatic imine (C=N–C) groups is 1. The number of carbonyl (C=O) groups is 1. The Morgan fingerprint density at radius 1 is 1.15 bits per heavy atom. The van der Waals surface area contributed by atoms with Gasteiger partial charge in [-0.15, -0.1) is 24.0 Å². The van der Waals surface area contributed by atoms with E-state index in [0.717, 1.165) is 56.1 Å². The van der Waals surface area contributed by atoms with Crippen LogP contribution in [0.3, 0.4) is 0 Å². The summed E-state index contributed by atoms with van der Waals surface area (Å²) in [5, 5.41) is 6.48. The number of carbonyl (C=O) groups excluding carboxylic acids is 1. The molecule has 0 unspecified atom stereocenters. The highest BCUT2D eigenvalue weighted by atomic mass is 127. The van der Waals surface area contributed by atoms with Crippen LogP contribution in [0.5, 0.6) is 0 Å². The second-order valence-electron chi connectivity index (χ2n) is 5.92. The Labute approximate surface area is 173 Å². The van der Waals surface area contributed by atoms with Crippen molar-refractivity contribution in [2.45, 2.75) is 65.8 Å². The van der Waals surface area contributed by atoms with Gasteiger partial charge in [0.05, 0.1) is 18.8 Å². The van der Waals surface area contributed by atoms with Crippen LogP contribution >= 0.6 is 24.0 Å². The van der Waals surface area contributed by atoms with Gasteiger partial charge in [-0.2, -0.15) is 0 Å². The predicted octanol–water partition coefficient (Wildman–Crippen LogP) is 3.48. The normalized spacial score (nSPS) is 11.0. The number of rotatable bonds is 11. The van der Waals surface area contributed by atoms with E-state index in [4.69, 9.17) is 9.15 Å². The molecule has 1 aromatic heterocycles. The number of hydrogen-bond donors (Lipinski definition) is 2. The lowest BCUT2D eigenvalue weighted by atomic mass is 10.1. The van der Waals surface area contributed by atoms with E-state index in [1.807, 2.05) is 20.8 Å². The van der Waals surface area contributed by atoms with Crippen LogP contribution in [0.25, 0.3) is 0 Å². The molecule has 0 saturated carbocycles. The molecule has 26 heavy (non-hydrogen) atoms. The van der Waals surface area contributed by atoms with E-state index >= 15 is 0 Å². The van der Waals surface area contributed by atoms with E-state index in [0.29, 0.717) is 25.5 Å². The van der Waals surface area contributed by atoms with Crippen molar-refractivity contribution >= 4 is 35.9 Å². The maximum absolute atomic E-state index is 11.2. The average molecular weight is 480 g/mol. The second kappa shape index (κ2) is 14.8. The number of oxazole rings is 1. The Balaban J connectivity index is 0.00000625. The molecule has 0 fully saturated rings. The molecule has 0 atom stereocenters. The minimum atomic E-state index is -0.0875. The zero-order valence-electron chi connectivity index (χ0n) is 16.4. The quantitative estimate of drug-likeness (QED) is 0.166. The minimum Gasteiger partial charge on any atom is -0.466 e. The van der Waals surface area contributed by atoms with Gasteiger partial charge in [-0.1, -0.05) is 19.3 Å². The molecule has 2 N–H and O–H groups in total. The highest BCUT2D eigenvalue weighted by Crippen LogP contribution is 2.08. The molecule has 0 aliphatic heterocycles. The van der Waals surface area contributed by atoms with Crippen molar-refractivity contribution in [2.75, 3.05) is 20.2 Å². The van der Waals surface area contributed by atoms with E-state index in [9.17, 15) is 4.79 Å². The van der Waals surface area contributed by atoms with Crippen LogP contribution in [0.1, 0.15) is 62.8 Å². The van der Waals surface area contributed by atoms with Crippen LogP contribution in [0.4, 0.5) is 0 Å². The number of unbranched alkanes of at least 4 members (excludes halogenated alkanes) is 4. The highest BCUT2D eigenvalue weighted by molar-refractivity contribution is 14.0. The Morgan fingerprint density at radius 3 is 2.46 bits per heavy atom. The Kier molecular flexibility index (Phi) is 14.1. The number of halogens is 1. The summed E-state index contributed by atoms with van der Waals surface area (Å²) in [7, 11) is 1.75. The zero-order chi connectivity index (χ0) is 18.5. The lowest BCUT2D eigenvalue weighted by Gasteiger charge is -2.10. The van der Waals surface area contributed by atoms with E-state index < -0.39 is 0 Å². The van der Waals surface area contributed by atoms with E-state index in [-0.39, 0.29) is 29.9 Å². The Hall–Kier alpha value is -1.32. The molecule has 150 valence electrons. The standard InChI is InChI=1S/C18H32N4O3.HI/c1-5-24-17(23)11-9-7-6-8-10-12-20-18(19-4)21-13-16-22-14(2)15(3)25-16;/h5-13H2,1-4H3,(H2,19,20,21);1H. The van der Waals surface area contributed by atoms with Crippen molar-refractivity contribution in [2.24, 2.45) is 4.99 Å². The molecule has 1 heterocycles. The predicted molar refractivity (Wildman–Crippen MR) is 114 cm³/mol. The fraction of sp³-hybridized carbons (Fsp3) is 0.722. The summed E-state index contributed by atoms with van der Waals surface area (Å²) in [6.07, 6.45) is 5.83. The number of hydrogen-bond acceptors (Lipinski definition) is 5. The van der Waals surface area contributed by atoms with Crippen LogP contribution in [0, 0.1) is 13.8 Å². The van der Waals surface area contributed by atoms with Gasteiger partial charge in [0, 0.05) is 20.0 Å². The van der Waals surface area contributed by atoms with Crippen LogP contribution in [-0.4, -0.2) is 37.1 Å². The van der Waals surface area contributed by atoms with Crippen molar-refractivity contribution < 1.29 is 13.9 Å². The molecule has 0 aliphatic rings. The van der Waals surface area contributed by atoms with E-state index in [2.05, 4.69) is 20.6 Å². The van der Waals surface area contributed by atoms with Crippen molar-refractivity contribution in [3.05, 3.63) is 17.3 Å². The summed E-state index contributed by atoms with van der Waals surface area (Å²) in [4.78, 5) is 19.7. The number of nitrogens with one attached hydrogen (secondary N) is 2. The van der Waals surface area contributed by atoms with E-state index in [1.54, 1.807) is 7.05 Å². The number of nitrogens with zero attached hydrogens (tertiary/aromatic N) is 2. The number of esters is 1. The smallest absolute Gasteiger partial charge is 0.305 e. The monoisotopic (exact) mass is 480 g/mol. The van der Waals surface area contributed by atoms with Gasteiger partial charge in [-0.25, -0.2) is 4.98 Å². The third-order valence-corrected chi connectivity index (χ3v) is 3.86. The van der Waals surface area contributed by atoms with Crippen molar-refractivity contribution in [1.29, 1.82) is 0 Å². The molecule has 0 radical (unpaired) electrons. The van der Waals surface area contributed by atoms with Gasteiger partial charge < -0.3 is 19.8 Å². The van der Waals surface area contributed by atoms with Gasteiger partial charge in [-0.05, 0) is 33.6 Å². The minimum absolute atomic E-state index is 0. The second-order valence-corrected chi connectivity index (χ2v) is 5.92. The topological polar surface area (TPSA) is 88.8 Å². The van der Waals surface area contributed by atoms with Gasteiger partial charge in [0.2, 0.25) is 5.89 Å². The molecule has 0 saturated heterocycles. The van der Waals surface area contributed by atoms with Crippen LogP contribution in [0.2, 0.25) is 0 Å². The van der Waals surface area contributed by atoms with Crippen LogP contribution in [0.15, 0.2) is 9.41 Å². The van der Waals surface area contributed by atoms with Gasteiger partial charge in [0.15, 0.2) is 5.96 Å². The van der Waals surface area contributed by atoms with E-state index in [1.165, 1.54) is 0 Å². The lowest BCUT2D eigenvalue weighted by molar-refractivity contribution is -0.143. The van der Waals surface area contributed by atoms with Crippen LogP contribution in [-0.2, 0) is 16.1 Å². The van der Waals surface area contributed by atoms with Crippen molar-refractivity contribution in [3.63, 3.8) is 0 Å². The molecule has 1 rings (SSSR count). The van der Waals surface area contributed by atoms with Gasteiger partial charge in [0.1, 0.15) is 5.76 Å². The third-order valence-electron chi connectivity index (χ3n) is 3.86. The molecule has 1 aromatic rings. The number of aryl methyl sites for hydroxylation is 2. The lowest BCUT2D eigenvalue weighted by Crippen LogP contribution is -2.37. The Bertz CT molecular complexity index is 527. The summed E-state index contributed by atoms with van der Waals surface area (Å²) in [6.45, 7) is 7.52. The molecule has 7 nitrogen and oxygen atoms in total. The maximum Gasteiger partial charge on any atom is 0.305 e. The fourth-order valence-corrected chi connectivity index (χ4v) is 2.36. The number of aromatic nitrogens is 1. The molecular formula is C18H33IN4O3. The van der Waals surface area contributed by atoms with Crippen LogP contribution < -0.4 is 10.6 Å². The largest absolute Gasteiger partial charge is 0.466 e. The Morgan fingerprint density at radius 2 is 1.85 bits per heavy atom. The first-order chi connectivity index (χ1) is 12.1. The molecule has 0 amide bonds. The molecule has 0 aromatic carbocycles. The van der Waals surface area contributed by atoms with Crippen molar-refractivity contribution in [1.82, 2.24) is 15.6 Å². The number of guanidine groups is 1. The summed E-state index contributed by atoms with van der Waals surface area (Å²) < 4.78 is 10.4. The summed E-state index contributed by atoms with van der Waals surface area (Å²) in [5.41, 5.74) is 0.919. The molecule has 8 heteroatoms. The SMILES string of the molecule is CCOC(=O)CCCCCCCNC(=NC)NCc1nc(C)c(C)o1.I. The van der Waals surface area contributed by atoms with Gasteiger partial charge in [0.25, 0.3) is 0 Å². The third kappa shape index (κ3) is 10.6. The van der Waals surface area contributed by atoms with Gasteiger partial charge in [-0.3, -0.25) is 9.79 Å². The number of ether oxygens (including phenoxy) is 1. The molecular weight excluding hydrogens is 447 g/mol. The maximum atomic E-state index is 11.2. The molecule has 0 bridgehead atoms. The molecule has 0 aliphatic carbocycles. The first-order valence-corrected chi connectivity index (χ1v) is 9.09. The highest BCUT2D eigenvalue weighted by Gasteiger charge is 2.06. The first kappa shape index (κ1) is 24.7. The first-order valence-electron chi connectivity index (χ1n) is 9.09. The average Bonchev–Trinajstić information content (AvgIpc) is 2.91. The summed E-state index contributed by atoms with van der Waals surface area (Å²) in [6, 6.07) is 0. The van der Waals surface area contributed by atoms with Crippen molar-refractivity contribution in [3.8, 4) is 0 Å². The fourth-order valence-electron chi connectivity index (χ4n) is 2.36. The molecule has 0 spiro atoms. The summed E-state index contributed by atoms with van der Waals surface area (Å²) >= 11 is 0. The zero-order valence-corrected chi connectivity index (χ0v) is 18.7. The summed E-state index contributed by atoms with van der Waals surface area (Å²) in [5.74, 6) is 2.17. The van der Waals surface area contributed by atoms with Gasteiger partial charge >= 0.3 is 5.97 Å².